The molecule has 2 rings (SSSR count). The summed E-state index contributed by atoms with van der Waals surface area (Å²) < 4.78 is 0. The first-order valence-electron chi connectivity index (χ1n) is 5.63. The van der Waals surface area contributed by atoms with Crippen molar-refractivity contribution in [3.63, 3.8) is 0 Å². The van der Waals surface area contributed by atoms with Gasteiger partial charge in [-0.15, -0.1) is 0 Å². The highest BCUT2D eigenvalue weighted by atomic mass is 15.2. The van der Waals surface area contributed by atoms with Gasteiger partial charge in [0.05, 0.1) is 5.56 Å². The number of nitrogens with one attached hydrogen (secondary N) is 1. The van der Waals surface area contributed by atoms with Crippen LogP contribution in [0.25, 0.3) is 0 Å². The summed E-state index contributed by atoms with van der Waals surface area (Å²) >= 11 is 0. The van der Waals surface area contributed by atoms with Crippen LogP contribution in [0.4, 0.5) is 5.82 Å². The molecule has 1 fully saturated rings. The van der Waals surface area contributed by atoms with E-state index in [-0.39, 0.29) is 6.04 Å². The second-order valence-electron chi connectivity index (χ2n) is 4.20. The summed E-state index contributed by atoms with van der Waals surface area (Å²) in [6.45, 7) is 1.86. The number of nitrogen functional groups attached to an aromatic ring is 1. The Hall–Kier alpha value is -1.49. The monoisotopic (exact) mass is 221 g/mol. The van der Waals surface area contributed by atoms with Crippen LogP contribution in [0.3, 0.4) is 0 Å². The molecule has 0 bridgehead atoms. The standard InChI is InChI=1S/C11H19N5/c1-14-11(9-4-5-15-10(9)13)16-6-2-3-8(12)7-16/h4-5,8,15H,2-3,6-7,12-13H2,1H3. The van der Waals surface area contributed by atoms with Crippen LogP contribution >= 0.6 is 0 Å². The molecule has 1 atom stereocenters. The zero-order valence-electron chi connectivity index (χ0n) is 9.61. The predicted molar refractivity (Wildman–Crippen MR) is 66.4 cm³/mol. The van der Waals surface area contributed by atoms with Crippen LogP contribution in [0, 0.1) is 0 Å². The number of amidine groups is 1. The van der Waals surface area contributed by atoms with Crippen LogP contribution in [-0.4, -0.2) is 41.9 Å². The number of anilines is 1. The van der Waals surface area contributed by atoms with E-state index in [1.54, 1.807) is 7.05 Å². The Balaban J connectivity index is 2.20. The molecule has 1 aromatic heterocycles. The Morgan fingerprint density at radius 3 is 3.00 bits per heavy atom. The fourth-order valence-corrected chi connectivity index (χ4v) is 2.21. The van der Waals surface area contributed by atoms with Gasteiger partial charge in [0.1, 0.15) is 11.7 Å². The SMILES string of the molecule is CN=C(c1cc[nH]c1N)N1CCCC(N)C1. The van der Waals surface area contributed by atoms with Crippen molar-refractivity contribution in [3.05, 3.63) is 17.8 Å². The van der Waals surface area contributed by atoms with Crippen molar-refractivity contribution < 1.29 is 0 Å². The average Bonchev–Trinajstić information content (AvgIpc) is 2.67. The van der Waals surface area contributed by atoms with Gasteiger partial charge in [0.2, 0.25) is 0 Å². The lowest BCUT2D eigenvalue weighted by atomic mass is 10.1. The predicted octanol–water partition coefficient (Wildman–Crippen LogP) is 0.396. The molecule has 88 valence electrons. The lowest BCUT2D eigenvalue weighted by Gasteiger charge is -2.33. The van der Waals surface area contributed by atoms with E-state index in [1.807, 2.05) is 12.3 Å². The van der Waals surface area contributed by atoms with E-state index >= 15 is 0 Å². The molecule has 5 N–H and O–H groups in total. The van der Waals surface area contributed by atoms with E-state index < -0.39 is 0 Å². The highest BCUT2D eigenvalue weighted by Crippen LogP contribution is 2.17. The number of aliphatic imine (C=N–C) groups is 1. The minimum atomic E-state index is 0.241. The molecule has 0 aromatic carbocycles. The number of H-pyrrole nitrogens is 1. The lowest BCUT2D eigenvalue weighted by molar-refractivity contribution is 0.310. The summed E-state index contributed by atoms with van der Waals surface area (Å²) in [6.07, 6.45) is 4.04. The van der Waals surface area contributed by atoms with E-state index in [4.69, 9.17) is 11.5 Å². The Morgan fingerprint density at radius 1 is 1.62 bits per heavy atom. The Bertz CT molecular complexity index is 381. The minimum absolute atomic E-state index is 0.241. The number of aromatic amines is 1. The van der Waals surface area contributed by atoms with Crippen LogP contribution in [0.15, 0.2) is 17.3 Å². The Morgan fingerprint density at radius 2 is 2.44 bits per heavy atom. The lowest BCUT2D eigenvalue weighted by Crippen LogP contribution is -2.46. The van der Waals surface area contributed by atoms with E-state index in [1.165, 1.54) is 0 Å². The van der Waals surface area contributed by atoms with Gasteiger partial charge < -0.3 is 21.4 Å². The van der Waals surface area contributed by atoms with E-state index in [0.717, 1.165) is 37.3 Å². The van der Waals surface area contributed by atoms with E-state index in [2.05, 4.69) is 14.9 Å². The minimum Gasteiger partial charge on any atom is -0.385 e. The fraction of sp³-hybridized carbons (Fsp3) is 0.545. The highest BCUT2D eigenvalue weighted by Gasteiger charge is 2.21. The molecule has 5 nitrogen and oxygen atoms in total. The zero-order valence-corrected chi connectivity index (χ0v) is 9.61. The Labute approximate surface area is 95.5 Å². The number of hydrogen-bond donors (Lipinski definition) is 3. The molecule has 0 amide bonds. The zero-order chi connectivity index (χ0) is 11.5. The quantitative estimate of drug-likeness (QED) is 0.474. The smallest absolute Gasteiger partial charge is 0.134 e. The van der Waals surface area contributed by atoms with Gasteiger partial charge in [0.25, 0.3) is 0 Å². The molecule has 0 aliphatic carbocycles. The molecule has 2 heterocycles. The first-order valence-corrected chi connectivity index (χ1v) is 5.63. The van der Waals surface area contributed by atoms with Gasteiger partial charge in [-0.25, -0.2) is 0 Å². The van der Waals surface area contributed by atoms with Gasteiger partial charge in [-0.05, 0) is 18.9 Å². The largest absolute Gasteiger partial charge is 0.385 e. The molecule has 1 aliphatic heterocycles. The van der Waals surface area contributed by atoms with Crippen LogP contribution in [0.5, 0.6) is 0 Å². The molecular formula is C11H19N5. The average molecular weight is 221 g/mol. The maximum absolute atomic E-state index is 5.97. The molecular weight excluding hydrogens is 202 g/mol. The third-order valence-corrected chi connectivity index (χ3v) is 2.99. The normalized spacial score (nSPS) is 22.5. The number of nitrogens with zero attached hydrogens (tertiary/aromatic N) is 2. The summed E-state index contributed by atoms with van der Waals surface area (Å²) in [6, 6.07) is 2.20. The summed E-state index contributed by atoms with van der Waals surface area (Å²) in [5.74, 6) is 1.61. The van der Waals surface area contributed by atoms with E-state index in [0.29, 0.717) is 5.82 Å². The van der Waals surface area contributed by atoms with Crippen molar-refractivity contribution in [2.75, 3.05) is 25.9 Å². The summed E-state index contributed by atoms with van der Waals surface area (Å²) in [5, 5.41) is 0. The number of likely N-dealkylation sites (tertiary alicyclic amines) is 1. The van der Waals surface area contributed by atoms with Crippen molar-refractivity contribution in [2.24, 2.45) is 10.7 Å². The molecule has 0 spiro atoms. The maximum atomic E-state index is 5.97. The first kappa shape index (κ1) is 11.0. The van der Waals surface area contributed by atoms with Gasteiger partial charge in [-0.1, -0.05) is 0 Å². The number of hydrogen-bond acceptors (Lipinski definition) is 3. The molecule has 1 saturated heterocycles. The summed E-state index contributed by atoms with van der Waals surface area (Å²) in [4.78, 5) is 9.53. The van der Waals surface area contributed by atoms with Gasteiger partial charge >= 0.3 is 0 Å². The van der Waals surface area contributed by atoms with Crippen LogP contribution in [0.1, 0.15) is 18.4 Å². The number of nitrogens with two attached hydrogens (primary N) is 2. The fourth-order valence-electron chi connectivity index (χ4n) is 2.21. The molecule has 1 aromatic rings. The highest BCUT2D eigenvalue weighted by molar-refractivity contribution is 6.02. The molecule has 0 saturated carbocycles. The van der Waals surface area contributed by atoms with Gasteiger partial charge in [0.15, 0.2) is 0 Å². The molecule has 5 heteroatoms. The maximum Gasteiger partial charge on any atom is 0.134 e. The third-order valence-electron chi connectivity index (χ3n) is 2.99. The second kappa shape index (κ2) is 4.57. The number of piperidine rings is 1. The van der Waals surface area contributed by atoms with Crippen molar-refractivity contribution in [1.29, 1.82) is 0 Å². The van der Waals surface area contributed by atoms with Crippen LogP contribution in [0.2, 0.25) is 0 Å². The molecule has 16 heavy (non-hydrogen) atoms. The molecule has 1 aliphatic rings. The van der Waals surface area contributed by atoms with Gasteiger partial charge in [0, 0.05) is 32.4 Å². The first-order chi connectivity index (χ1) is 7.72. The molecule has 1 unspecified atom stereocenters. The number of aromatic nitrogens is 1. The van der Waals surface area contributed by atoms with Gasteiger partial charge in [-0.2, -0.15) is 0 Å². The van der Waals surface area contributed by atoms with Crippen molar-refractivity contribution in [3.8, 4) is 0 Å². The van der Waals surface area contributed by atoms with Crippen molar-refractivity contribution in [1.82, 2.24) is 9.88 Å². The van der Waals surface area contributed by atoms with Crippen molar-refractivity contribution in [2.45, 2.75) is 18.9 Å². The Kier molecular flexibility index (Phi) is 3.14. The molecule has 0 radical (unpaired) electrons. The van der Waals surface area contributed by atoms with Crippen molar-refractivity contribution >= 4 is 11.7 Å². The second-order valence-corrected chi connectivity index (χ2v) is 4.20. The van der Waals surface area contributed by atoms with Gasteiger partial charge in [-0.3, -0.25) is 4.99 Å². The summed E-state index contributed by atoms with van der Waals surface area (Å²) in [5.41, 5.74) is 12.8. The van der Waals surface area contributed by atoms with Crippen LogP contribution < -0.4 is 11.5 Å². The van der Waals surface area contributed by atoms with E-state index in [9.17, 15) is 0 Å². The number of rotatable bonds is 1. The third kappa shape index (κ3) is 2.04. The van der Waals surface area contributed by atoms with Crippen LogP contribution in [-0.2, 0) is 0 Å². The summed E-state index contributed by atoms with van der Waals surface area (Å²) in [7, 11) is 1.79. The topological polar surface area (TPSA) is 83.4 Å².